The molecule has 0 bridgehead atoms. The van der Waals surface area contributed by atoms with Crippen LogP contribution in [-0.2, 0) is 6.54 Å². The van der Waals surface area contributed by atoms with E-state index in [1.807, 2.05) is 24.3 Å². The molecule has 0 aliphatic rings. The number of hydrogen-bond acceptors (Lipinski definition) is 2. The summed E-state index contributed by atoms with van der Waals surface area (Å²) in [6, 6.07) is 24.7. The summed E-state index contributed by atoms with van der Waals surface area (Å²) in [6.07, 6.45) is 0. The van der Waals surface area contributed by atoms with E-state index >= 15 is 0 Å². The Bertz CT molecular complexity index is 810. The molecule has 0 aliphatic carbocycles. The lowest BCUT2D eigenvalue weighted by atomic mass is 10.0. The second-order valence-electron chi connectivity index (χ2n) is 5.16. The lowest BCUT2D eigenvalue weighted by molar-refractivity contribution is 0.930. The predicted molar refractivity (Wildman–Crippen MR) is 87.2 cm³/mol. The summed E-state index contributed by atoms with van der Waals surface area (Å²) < 4.78 is 0. The highest BCUT2D eigenvalue weighted by atomic mass is 15.1. The molecule has 0 fully saturated rings. The molecule has 0 heterocycles. The van der Waals surface area contributed by atoms with Gasteiger partial charge in [0.15, 0.2) is 0 Å². The molecule has 3 aromatic rings. The third-order valence-electron chi connectivity index (χ3n) is 3.70. The Labute approximate surface area is 124 Å². The second kappa shape index (κ2) is 5.68. The van der Waals surface area contributed by atoms with Crippen LogP contribution in [-0.4, -0.2) is 7.05 Å². The summed E-state index contributed by atoms with van der Waals surface area (Å²) >= 11 is 0. The first-order chi connectivity index (χ1) is 10.3. The normalized spacial score (nSPS) is 10.3. The topological polar surface area (TPSA) is 27.0 Å². The van der Waals surface area contributed by atoms with Crippen molar-refractivity contribution in [3.05, 3.63) is 77.9 Å². The lowest BCUT2D eigenvalue weighted by Crippen LogP contribution is -2.16. The highest BCUT2D eigenvalue weighted by Crippen LogP contribution is 2.22. The van der Waals surface area contributed by atoms with Gasteiger partial charge in [0.2, 0.25) is 0 Å². The fraction of sp³-hybridized carbons (Fsp3) is 0.105. The average Bonchev–Trinajstić information content (AvgIpc) is 2.55. The van der Waals surface area contributed by atoms with Crippen LogP contribution in [0.4, 0.5) is 5.69 Å². The molecule has 0 N–H and O–H groups in total. The minimum Gasteiger partial charge on any atom is -0.370 e. The Kier molecular flexibility index (Phi) is 3.57. The van der Waals surface area contributed by atoms with Crippen molar-refractivity contribution in [3.63, 3.8) is 0 Å². The Hall–Kier alpha value is -2.79. The van der Waals surface area contributed by atoms with Crippen LogP contribution >= 0.6 is 0 Å². The summed E-state index contributed by atoms with van der Waals surface area (Å²) in [5.41, 5.74) is 3.04. The van der Waals surface area contributed by atoms with E-state index in [0.29, 0.717) is 5.56 Å². The molecule has 0 atom stereocenters. The number of fused-ring (bicyclic) bond motifs is 1. The van der Waals surface area contributed by atoms with E-state index in [2.05, 4.69) is 60.5 Å². The van der Waals surface area contributed by atoms with Crippen LogP contribution in [0.1, 0.15) is 11.1 Å². The number of nitriles is 1. The summed E-state index contributed by atoms with van der Waals surface area (Å²) in [5.74, 6) is 0. The predicted octanol–water partition coefficient (Wildman–Crippen LogP) is 4.35. The smallest absolute Gasteiger partial charge is 0.0992 e. The van der Waals surface area contributed by atoms with Crippen molar-refractivity contribution in [2.45, 2.75) is 6.54 Å². The number of nitrogens with zero attached hydrogens (tertiary/aromatic N) is 2. The second-order valence-corrected chi connectivity index (χ2v) is 5.16. The molecule has 0 aromatic heterocycles. The highest BCUT2D eigenvalue weighted by Gasteiger charge is 2.06. The monoisotopic (exact) mass is 272 g/mol. The summed E-state index contributed by atoms with van der Waals surface area (Å²) in [4.78, 5) is 2.17. The van der Waals surface area contributed by atoms with Gasteiger partial charge in [-0.3, -0.25) is 0 Å². The summed E-state index contributed by atoms with van der Waals surface area (Å²) in [6.45, 7) is 0.816. The molecule has 0 saturated carbocycles. The zero-order valence-electron chi connectivity index (χ0n) is 12.0. The molecule has 0 unspecified atom stereocenters. The molecule has 2 nitrogen and oxygen atoms in total. The van der Waals surface area contributed by atoms with Crippen LogP contribution in [0.2, 0.25) is 0 Å². The van der Waals surface area contributed by atoms with Gasteiger partial charge in [-0.1, -0.05) is 48.5 Å². The molecule has 3 rings (SSSR count). The molecular formula is C19H16N2. The number of benzene rings is 3. The van der Waals surface area contributed by atoms with Crippen LogP contribution < -0.4 is 4.90 Å². The maximum Gasteiger partial charge on any atom is 0.0992 e. The van der Waals surface area contributed by atoms with Gasteiger partial charge in [0, 0.05) is 19.3 Å². The van der Waals surface area contributed by atoms with E-state index in [1.165, 1.54) is 16.3 Å². The largest absolute Gasteiger partial charge is 0.370 e. The van der Waals surface area contributed by atoms with E-state index < -0.39 is 0 Å². The fourth-order valence-electron chi connectivity index (χ4n) is 2.59. The standard InChI is InChI=1S/C19H16N2/c1-21(18-10-4-6-15(12-18)13-20)14-17-9-5-8-16-7-2-3-11-19(16)17/h2-12H,14H2,1H3. The average molecular weight is 272 g/mol. The van der Waals surface area contributed by atoms with Crippen molar-refractivity contribution in [1.82, 2.24) is 0 Å². The molecule has 0 aliphatic heterocycles. The van der Waals surface area contributed by atoms with Crippen molar-refractivity contribution in [2.24, 2.45) is 0 Å². The van der Waals surface area contributed by atoms with E-state index in [0.717, 1.165) is 12.2 Å². The minimum absolute atomic E-state index is 0.692. The quantitative estimate of drug-likeness (QED) is 0.709. The maximum absolute atomic E-state index is 9.01. The maximum atomic E-state index is 9.01. The molecule has 0 amide bonds. The highest BCUT2D eigenvalue weighted by molar-refractivity contribution is 5.85. The first kappa shape index (κ1) is 13.2. The van der Waals surface area contributed by atoms with Crippen molar-refractivity contribution < 1.29 is 0 Å². The molecule has 0 spiro atoms. The van der Waals surface area contributed by atoms with Crippen LogP contribution in [0.5, 0.6) is 0 Å². The van der Waals surface area contributed by atoms with Gasteiger partial charge in [0.1, 0.15) is 0 Å². The van der Waals surface area contributed by atoms with Crippen molar-refractivity contribution in [1.29, 1.82) is 5.26 Å². The molecule has 0 radical (unpaired) electrons. The third kappa shape index (κ3) is 2.73. The van der Waals surface area contributed by atoms with Gasteiger partial charge < -0.3 is 4.90 Å². The minimum atomic E-state index is 0.692. The van der Waals surface area contributed by atoms with Gasteiger partial charge in [-0.05, 0) is 34.5 Å². The zero-order valence-corrected chi connectivity index (χ0v) is 12.0. The number of hydrogen-bond donors (Lipinski definition) is 0. The van der Waals surface area contributed by atoms with Crippen molar-refractivity contribution in [2.75, 3.05) is 11.9 Å². The Balaban J connectivity index is 1.93. The van der Waals surface area contributed by atoms with Gasteiger partial charge in [-0.25, -0.2) is 0 Å². The van der Waals surface area contributed by atoms with Crippen LogP contribution in [0.15, 0.2) is 66.7 Å². The van der Waals surface area contributed by atoms with Crippen molar-refractivity contribution >= 4 is 16.5 Å². The van der Waals surface area contributed by atoms with E-state index in [-0.39, 0.29) is 0 Å². The SMILES string of the molecule is CN(Cc1cccc2ccccc12)c1cccc(C#N)c1. The van der Waals surface area contributed by atoms with E-state index in [1.54, 1.807) is 0 Å². The Morgan fingerprint density at radius 1 is 0.952 bits per heavy atom. The first-order valence-electron chi connectivity index (χ1n) is 6.96. The Morgan fingerprint density at radius 2 is 1.71 bits per heavy atom. The van der Waals surface area contributed by atoms with E-state index in [4.69, 9.17) is 5.26 Å². The van der Waals surface area contributed by atoms with Crippen LogP contribution in [0, 0.1) is 11.3 Å². The summed E-state index contributed by atoms with van der Waals surface area (Å²) in [7, 11) is 2.05. The zero-order chi connectivity index (χ0) is 14.7. The third-order valence-corrected chi connectivity index (χ3v) is 3.70. The van der Waals surface area contributed by atoms with Gasteiger partial charge in [0.05, 0.1) is 11.6 Å². The summed E-state index contributed by atoms with van der Waals surface area (Å²) in [5, 5.41) is 11.5. The fourth-order valence-corrected chi connectivity index (χ4v) is 2.59. The molecule has 0 saturated heterocycles. The molecule has 2 heteroatoms. The molecular weight excluding hydrogens is 256 g/mol. The van der Waals surface area contributed by atoms with Gasteiger partial charge in [-0.2, -0.15) is 5.26 Å². The molecule has 102 valence electrons. The lowest BCUT2D eigenvalue weighted by Gasteiger charge is -2.20. The molecule has 21 heavy (non-hydrogen) atoms. The van der Waals surface area contributed by atoms with Gasteiger partial charge in [0.25, 0.3) is 0 Å². The first-order valence-corrected chi connectivity index (χ1v) is 6.96. The van der Waals surface area contributed by atoms with Gasteiger partial charge >= 0.3 is 0 Å². The number of rotatable bonds is 3. The van der Waals surface area contributed by atoms with Crippen molar-refractivity contribution in [3.8, 4) is 6.07 Å². The molecule has 3 aromatic carbocycles. The van der Waals surface area contributed by atoms with Gasteiger partial charge in [-0.15, -0.1) is 0 Å². The Morgan fingerprint density at radius 3 is 2.57 bits per heavy atom. The van der Waals surface area contributed by atoms with Crippen LogP contribution in [0.3, 0.4) is 0 Å². The van der Waals surface area contributed by atoms with E-state index in [9.17, 15) is 0 Å². The van der Waals surface area contributed by atoms with Crippen LogP contribution in [0.25, 0.3) is 10.8 Å². The number of anilines is 1.